The normalized spacial score (nSPS) is 56.7. The largest absolute Gasteiger partial charge is 0.327 e. The first-order valence-corrected chi connectivity index (χ1v) is 4.04. The SMILES string of the molecule is C[C@@H]1CC[C@H](N)[C@H]2CC12. The number of nitrogens with two attached hydrogens (primary N) is 1. The average molecular weight is 125 g/mol. The van der Waals surface area contributed by atoms with Gasteiger partial charge in [-0.1, -0.05) is 6.92 Å². The number of fused-ring (bicyclic) bond motifs is 1. The quantitative estimate of drug-likeness (QED) is 0.520. The summed E-state index contributed by atoms with van der Waals surface area (Å²) in [5.41, 5.74) is 5.88. The molecule has 2 fully saturated rings. The van der Waals surface area contributed by atoms with Crippen LogP contribution in [0.25, 0.3) is 0 Å². The third-order valence-electron chi connectivity index (χ3n) is 3.13. The van der Waals surface area contributed by atoms with Gasteiger partial charge < -0.3 is 5.73 Å². The van der Waals surface area contributed by atoms with Crippen LogP contribution in [0.3, 0.4) is 0 Å². The van der Waals surface area contributed by atoms with Gasteiger partial charge in [0.25, 0.3) is 0 Å². The van der Waals surface area contributed by atoms with Crippen molar-refractivity contribution in [2.24, 2.45) is 23.5 Å². The molecule has 0 radical (unpaired) electrons. The van der Waals surface area contributed by atoms with E-state index in [2.05, 4.69) is 6.92 Å². The van der Waals surface area contributed by atoms with Crippen LogP contribution in [0, 0.1) is 17.8 Å². The van der Waals surface area contributed by atoms with Crippen LogP contribution in [0.4, 0.5) is 0 Å². The molecule has 2 aliphatic rings. The van der Waals surface area contributed by atoms with Crippen LogP contribution in [0.2, 0.25) is 0 Å². The first kappa shape index (κ1) is 5.72. The Morgan fingerprint density at radius 3 is 2.67 bits per heavy atom. The van der Waals surface area contributed by atoms with Crippen LogP contribution < -0.4 is 5.73 Å². The van der Waals surface area contributed by atoms with Gasteiger partial charge in [0, 0.05) is 6.04 Å². The van der Waals surface area contributed by atoms with E-state index >= 15 is 0 Å². The molecule has 1 nitrogen and oxygen atoms in total. The number of hydrogen-bond acceptors (Lipinski definition) is 1. The summed E-state index contributed by atoms with van der Waals surface area (Å²) in [4.78, 5) is 0. The highest BCUT2D eigenvalue weighted by Gasteiger charge is 2.47. The molecule has 0 aromatic carbocycles. The van der Waals surface area contributed by atoms with E-state index in [0.717, 1.165) is 17.8 Å². The highest BCUT2D eigenvalue weighted by Crippen LogP contribution is 2.51. The van der Waals surface area contributed by atoms with E-state index in [4.69, 9.17) is 5.73 Å². The molecular formula is C8H15N. The molecule has 2 aliphatic carbocycles. The van der Waals surface area contributed by atoms with Gasteiger partial charge in [-0.25, -0.2) is 0 Å². The van der Waals surface area contributed by atoms with Crippen molar-refractivity contribution in [3.05, 3.63) is 0 Å². The molecule has 9 heavy (non-hydrogen) atoms. The molecule has 52 valence electrons. The minimum absolute atomic E-state index is 0.561. The van der Waals surface area contributed by atoms with Crippen molar-refractivity contribution < 1.29 is 0 Å². The standard InChI is InChI=1S/C8H15N/c1-5-2-3-8(9)7-4-6(5)7/h5-8H,2-4,9H2,1H3/t5-,6?,7+,8+/m1/s1. The molecule has 0 spiro atoms. The van der Waals surface area contributed by atoms with Gasteiger partial charge in [0.2, 0.25) is 0 Å². The van der Waals surface area contributed by atoms with Gasteiger partial charge in [-0.3, -0.25) is 0 Å². The summed E-state index contributed by atoms with van der Waals surface area (Å²) in [6, 6.07) is 0.561. The van der Waals surface area contributed by atoms with Gasteiger partial charge >= 0.3 is 0 Å². The van der Waals surface area contributed by atoms with Crippen molar-refractivity contribution in [1.82, 2.24) is 0 Å². The Morgan fingerprint density at radius 1 is 1.22 bits per heavy atom. The lowest BCUT2D eigenvalue weighted by molar-refractivity contribution is 0.327. The molecule has 0 amide bonds. The van der Waals surface area contributed by atoms with E-state index in [-0.39, 0.29) is 0 Å². The predicted octanol–water partition coefficient (Wildman–Crippen LogP) is 1.38. The minimum atomic E-state index is 0.561. The van der Waals surface area contributed by atoms with E-state index in [0.29, 0.717) is 6.04 Å². The van der Waals surface area contributed by atoms with E-state index in [1.165, 1.54) is 19.3 Å². The highest BCUT2D eigenvalue weighted by molar-refractivity contribution is 4.99. The van der Waals surface area contributed by atoms with Crippen molar-refractivity contribution in [2.75, 3.05) is 0 Å². The summed E-state index contributed by atoms with van der Waals surface area (Å²) in [5, 5.41) is 0. The monoisotopic (exact) mass is 125 g/mol. The van der Waals surface area contributed by atoms with Gasteiger partial charge in [0.05, 0.1) is 0 Å². The highest BCUT2D eigenvalue weighted by atomic mass is 14.7. The number of rotatable bonds is 0. The van der Waals surface area contributed by atoms with Crippen LogP contribution in [-0.4, -0.2) is 6.04 Å². The molecular weight excluding hydrogens is 110 g/mol. The molecule has 2 rings (SSSR count). The van der Waals surface area contributed by atoms with Gasteiger partial charge in [0.1, 0.15) is 0 Å². The molecule has 0 aromatic rings. The van der Waals surface area contributed by atoms with Crippen molar-refractivity contribution >= 4 is 0 Å². The Bertz CT molecular complexity index is 108. The molecule has 0 aliphatic heterocycles. The lowest BCUT2D eigenvalue weighted by atomic mass is 9.88. The predicted molar refractivity (Wildman–Crippen MR) is 38.0 cm³/mol. The molecule has 0 bridgehead atoms. The molecule has 0 aromatic heterocycles. The fourth-order valence-corrected chi connectivity index (χ4v) is 2.27. The third-order valence-corrected chi connectivity index (χ3v) is 3.13. The van der Waals surface area contributed by atoms with E-state index in [1.54, 1.807) is 0 Å². The topological polar surface area (TPSA) is 26.0 Å². The average Bonchev–Trinajstić information content (AvgIpc) is 2.57. The van der Waals surface area contributed by atoms with Gasteiger partial charge in [0.15, 0.2) is 0 Å². The Kier molecular flexibility index (Phi) is 1.10. The van der Waals surface area contributed by atoms with Crippen LogP contribution >= 0.6 is 0 Å². The Morgan fingerprint density at radius 2 is 2.00 bits per heavy atom. The maximum Gasteiger partial charge on any atom is 0.00701 e. The van der Waals surface area contributed by atoms with Crippen LogP contribution in [0.1, 0.15) is 26.2 Å². The summed E-state index contributed by atoms with van der Waals surface area (Å²) < 4.78 is 0. The fourth-order valence-electron chi connectivity index (χ4n) is 2.27. The van der Waals surface area contributed by atoms with Crippen molar-refractivity contribution in [3.63, 3.8) is 0 Å². The van der Waals surface area contributed by atoms with Crippen LogP contribution in [0.5, 0.6) is 0 Å². The second-order valence-electron chi connectivity index (χ2n) is 3.78. The fraction of sp³-hybridized carbons (Fsp3) is 1.00. The molecule has 0 heterocycles. The van der Waals surface area contributed by atoms with E-state index in [1.807, 2.05) is 0 Å². The molecule has 2 saturated carbocycles. The summed E-state index contributed by atoms with van der Waals surface area (Å²) >= 11 is 0. The zero-order valence-corrected chi connectivity index (χ0v) is 6.01. The number of hydrogen-bond donors (Lipinski definition) is 1. The molecule has 0 saturated heterocycles. The Labute approximate surface area is 56.6 Å². The molecule has 2 N–H and O–H groups in total. The molecule has 1 heteroatoms. The maximum atomic E-state index is 5.88. The lowest BCUT2D eigenvalue weighted by Gasteiger charge is -2.21. The summed E-state index contributed by atoms with van der Waals surface area (Å²) in [5.74, 6) is 2.93. The summed E-state index contributed by atoms with van der Waals surface area (Å²) in [6.45, 7) is 2.37. The van der Waals surface area contributed by atoms with E-state index < -0.39 is 0 Å². The second-order valence-corrected chi connectivity index (χ2v) is 3.78. The first-order chi connectivity index (χ1) is 4.29. The molecule has 1 unspecified atom stereocenters. The summed E-state index contributed by atoms with van der Waals surface area (Å²) in [7, 11) is 0. The van der Waals surface area contributed by atoms with Gasteiger partial charge in [-0.2, -0.15) is 0 Å². The van der Waals surface area contributed by atoms with E-state index in [9.17, 15) is 0 Å². The van der Waals surface area contributed by atoms with Crippen LogP contribution in [-0.2, 0) is 0 Å². The van der Waals surface area contributed by atoms with Gasteiger partial charge in [-0.15, -0.1) is 0 Å². The zero-order valence-electron chi connectivity index (χ0n) is 6.01. The second kappa shape index (κ2) is 1.72. The smallest absolute Gasteiger partial charge is 0.00701 e. The zero-order chi connectivity index (χ0) is 6.43. The van der Waals surface area contributed by atoms with Crippen molar-refractivity contribution in [2.45, 2.75) is 32.2 Å². The first-order valence-electron chi connectivity index (χ1n) is 4.04. The van der Waals surface area contributed by atoms with Crippen molar-refractivity contribution in [1.29, 1.82) is 0 Å². The third kappa shape index (κ3) is 0.787. The Hall–Kier alpha value is -0.0400. The lowest BCUT2D eigenvalue weighted by Crippen LogP contribution is -2.28. The molecule has 4 atom stereocenters. The van der Waals surface area contributed by atoms with Gasteiger partial charge in [-0.05, 0) is 37.0 Å². The maximum absolute atomic E-state index is 5.88. The summed E-state index contributed by atoms with van der Waals surface area (Å²) in [6.07, 6.45) is 4.09. The Balaban J connectivity index is 2.01. The van der Waals surface area contributed by atoms with Crippen LogP contribution in [0.15, 0.2) is 0 Å². The van der Waals surface area contributed by atoms with Crippen molar-refractivity contribution in [3.8, 4) is 0 Å². The minimum Gasteiger partial charge on any atom is -0.327 e.